The molecule has 0 spiro atoms. The Hall–Kier alpha value is -2.54. The molecule has 3 rings (SSSR count). The van der Waals surface area contributed by atoms with Gasteiger partial charge in [0.15, 0.2) is 0 Å². The fourth-order valence-electron chi connectivity index (χ4n) is 2.00. The molecular formula is C14H10N2O4S. The Morgan fingerprint density at radius 3 is 2.67 bits per heavy atom. The van der Waals surface area contributed by atoms with Crippen LogP contribution in [0.4, 0.5) is 4.79 Å². The summed E-state index contributed by atoms with van der Waals surface area (Å²) in [6, 6.07) is 6.92. The molecule has 0 unspecified atom stereocenters. The van der Waals surface area contributed by atoms with Crippen molar-refractivity contribution >= 4 is 39.9 Å². The number of aromatic amines is 1. The highest BCUT2D eigenvalue weighted by Gasteiger charge is 2.25. The summed E-state index contributed by atoms with van der Waals surface area (Å²) >= 11 is 0.774. The van der Waals surface area contributed by atoms with Gasteiger partial charge in [-0.25, -0.2) is 0 Å². The van der Waals surface area contributed by atoms with Crippen LogP contribution in [0.3, 0.4) is 0 Å². The molecular weight excluding hydrogens is 292 g/mol. The molecule has 2 amide bonds. The zero-order valence-electron chi connectivity index (χ0n) is 10.9. The minimum Gasteiger partial charge on any atom is -0.497 e. The van der Waals surface area contributed by atoms with Gasteiger partial charge in [0.25, 0.3) is 16.7 Å². The van der Waals surface area contributed by atoms with Gasteiger partial charge in [-0.05, 0) is 42.1 Å². The van der Waals surface area contributed by atoms with E-state index in [0.29, 0.717) is 16.8 Å². The second-order valence-corrected chi connectivity index (χ2v) is 5.37. The van der Waals surface area contributed by atoms with Crippen molar-refractivity contribution in [1.82, 2.24) is 10.3 Å². The maximum atomic E-state index is 12.0. The minimum absolute atomic E-state index is 0.202. The van der Waals surface area contributed by atoms with Crippen LogP contribution in [0.25, 0.3) is 17.0 Å². The number of imide groups is 1. The fraction of sp³-hybridized carbons (Fsp3) is 0.0714. The third kappa shape index (κ3) is 2.55. The molecule has 0 atom stereocenters. The maximum absolute atomic E-state index is 12.0. The van der Waals surface area contributed by atoms with Crippen LogP contribution in [0.15, 0.2) is 34.0 Å². The molecule has 1 aromatic carbocycles. The van der Waals surface area contributed by atoms with Crippen molar-refractivity contribution in [2.75, 3.05) is 7.11 Å². The highest BCUT2D eigenvalue weighted by atomic mass is 32.2. The van der Waals surface area contributed by atoms with E-state index in [2.05, 4.69) is 10.3 Å². The number of nitrogens with one attached hydrogen (secondary N) is 2. The van der Waals surface area contributed by atoms with Crippen molar-refractivity contribution < 1.29 is 14.3 Å². The normalized spacial score (nSPS) is 16.5. The number of thioether (sulfide) groups is 1. The molecule has 0 radical (unpaired) electrons. The molecule has 2 heterocycles. The quantitative estimate of drug-likeness (QED) is 0.827. The molecule has 1 aliphatic rings. The lowest BCUT2D eigenvalue weighted by Crippen LogP contribution is -2.18. The predicted molar refractivity (Wildman–Crippen MR) is 80.2 cm³/mol. The van der Waals surface area contributed by atoms with Gasteiger partial charge in [-0.3, -0.25) is 19.7 Å². The van der Waals surface area contributed by atoms with Crippen LogP contribution < -0.4 is 15.6 Å². The minimum atomic E-state index is -0.491. The van der Waals surface area contributed by atoms with Gasteiger partial charge in [0.2, 0.25) is 0 Å². The van der Waals surface area contributed by atoms with E-state index in [1.165, 1.54) is 6.08 Å². The molecule has 1 fully saturated rings. The Morgan fingerprint density at radius 1 is 1.19 bits per heavy atom. The molecule has 2 aromatic rings. The predicted octanol–water partition coefficient (Wildman–Crippen LogP) is 1.86. The van der Waals surface area contributed by atoms with Crippen LogP contribution in [0.1, 0.15) is 5.56 Å². The lowest BCUT2D eigenvalue weighted by Gasteiger charge is -2.03. The largest absolute Gasteiger partial charge is 0.497 e. The Bertz CT molecular complexity index is 854. The Morgan fingerprint density at radius 2 is 2.00 bits per heavy atom. The van der Waals surface area contributed by atoms with Gasteiger partial charge < -0.3 is 9.72 Å². The molecule has 6 nitrogen and oxygen atoms in total. The Kier molecular flexibility index (Phi) is 3.26. The van der Waals surface area contributed by atoms with Gasteiger partial charge in [0, 0.05) is 16.5 Å². The van der Waals surface area contributed by atoms with Crippen molar-refractivity contribution in [3.63, 3.8) is 0 Å². The third-order valence-corrected chi connectivity index (χ3v) is 3.82. The van der Waals surface area contributed by atoms with E-state index in [4.69, 9.17) is 4.74 Å². The zero-order valence-corrected chi connectivity index (χ0v) is 11.7. The standard InChI is InChI=1S/C14H10N2O4S/c1-20-9-2-3-10-7(5-9)4-8(12(17)15-10)6-11-13(18)16-14(19)21-11/h2-6H,1H3,(H,15,17)(H,16,18,19)/b11-6-. The second-order valence-electron chi connectivity index (χ2n) is 4.36. The molecule has 1 saturated heterocycles. The van der Waals surface area contributed by atoms with E-state index in [-0.39, 0.29) is 10.5 Å². The number of hydrogen-bond donors (Lipinski definition) is 2. The van der Waals surface area contributed by atoms with Gasteiger partial charge in [-0.2, -0.15) is 0 Å². The van der Waals surface area contributed by atoms with Crippen LogP contribution in [0.2, 0.25) is 0 Å². The van der Waals surface area contributed by atoms with Crippen LogP contribution in [-0.4, -0.2) is 23.2 Å². The summed E-state index contributed by atoms with van der Waals surface area (Å²) in [4.78, 5) is 37.6. The van der Waals surface area contributed by atoms with Gasteiger partial charge >= 0.3 is 0 Å². The van der Waals surface area contributed by atoms with Crippen molar-refractivity contribution in [2.24, 2.45) is 0 Å². The van der Waals surface area contributed by atoms with Crippen LogP contribution in [0, 0.1) is 0 Å². The molecule has 21 heavy (non-hydrogen) atoms. The van der Waals surface area contributed by atoms with Crippen LogP contribution in [-0.2, 0) is 4.79 Å². The van der Waals surface area contributed by atoms with Crippen molar-refractivity contribution in [2.45, 2.75) is 0 Å². The number of fused-ring (bicyclic) bond motifs is 1. The van der Waals surface area contributed by atoms with Gasteiger partial charge in [-0.1, -0.05) is 0 Å². The Balaban J connectivity index is 2.12. The molecule has 106 valence electrons. The SMILES string of the molecule is COc1ccc2[nH]c(=O)c(/C=C3\SC(=O)NC3=O)cc2c1. The van der Waals surface area contributed by atoms with E-state index in [9.17, 15) is 14.4 Å². The smallest absolute Gasteiger partial charge is 0.290 e. The summed E-state index contributed by atoms with van der Waals surface area (Å²) in [5, 5.41) is 2.48. The van der Waals surface area contributed by atoms with Gasteiger partial charge in [0.1, 0.15) is 5.75 Å². The molecule has 2 N–H and O–H groups in total. The summed E-state index contributed by atoms with van der Waals surface area (Å²) in [6.07, 6.45) is 1.41. The Labute approximate surface area is 123 Å². The van der Waals surface area contributed by atoms with Crippen molar-refractivity contribution in [3.05, 3.63) is 45.1 Å². The van der Waals surface area contributed by atoms with Gasteiger partial charge in [-0.15, -0.1) is 0 Å². The van der Waals surface area contributed by atoms with E-state index in [1.54, 1.807) is 31.4 Å². The molecule has 7 heteroatoms. The van der Waals surface area contributed by atoms with Crippen LogP contribution in [0.5, 0.6) is 5.75 Å². The van der Waals surface area contributed by atoms with Crippen LogP contribution >= 0.6 is 11.8 Å². The first-order chi connectivity index (χ1) is 10.1. The van der Waals surface area contributed by atoms with E-state index >= 15 is 0 Å². The number of hydrogen-bond acceptors (Lipinski definition) is 5. The third-order valence-electron chi connectivity index (χ3n) is 3.01. The van der Waals surface area contributed by atoms with E-state index in [0.717, 1.165) is 17.1 Å². The number of ether oxygens (including phenoxy) is 1. The molecule has 1 aliphatic heterocycles. The average Bonchev–Trinajstić information content (AvgIpc) is 2.77. The summed E-state index contributed by atoms with van der Waals surface area (Å²) in [6.45, 7) is 0. The number of carbonyl (C=O) groups is 2. The lowest BCUT2D eigenvalue weighted by atomic mass is 10.1. The highest BCUT2D eigenvalue weighted by molar-refractivity contribution is 8.18. The number of amides is 2. The fourth-order valence-corrected chi connectivity index (χ4v) is 2.67. The first-order valence-corrected chi connectivity index (χ1v) is 6.84. The molecule has 0 bridgehead atoms. The molecule has 1 aromatic heterocycles. The molecule has 0 aliphatic carbocycles. The summed E-state index contributed by atoms with van der Waals surface area (Å²) in [7, 11) is 1.56. The highest BCUT2D eigenvalue weighted by Crippen LogP contribution is 2.26. The van der Waals surface area contributed by atoms with Crippen molar-refractivity contribution in [3.8, 4) is 5.75 Å². The monoisotopic (exact) mass is 302 g/mol. The number of methoxy groups -OCH3 is 1. The lowest BCUT2D eigenvalue weighted by molar-refractivity contribution is -0.115. The number of rotatable bonds is 2. The number of H-pyrrole nitrogens is 1. The van der Waals surface area contributed by atoms with Crippen molar-refractivity contribution in [1.29, 1.82) is 0 Å². The number of pyridine rings is 1. The number of aromatic nitrogens is 1. The second kappa shape index (κ2) is 5.10. The average molecular weight is 302 g/mol. The summed E-state index contributed by atoms with van der Waals surface area (Å²) in [5.41, 5.74) is 0.651. The summed E-state index contributed by atoms with van der Waals surface area (Å²) in [5.74, 6) is 0.173. The first kappa shape index (κ1) is 13.4. The number of carbonyl (C=O) groups excluding carboxylic acids is 2. The maximum Gasteiger partial charge on any atom is 0.290 e. The zero-order chi connectivity index (χ0) is 15.0. The first-order valence-electron chi connectivity index (χ1n) is 6.03. The number of benzene rings is 1. The molecule has 0 saturated carbocycles. The van der Waals surface area contributed by atoms with E-state index in [1.807, 2.05) is 0 Å². The van der Waals surface area contributed by atoms with E-state index < -0.39 is 11.1 Å². The topological polar surface area (TPSA) is 88.3 Å². The summed E-state index contributed by atoms with van der Waals surface area (Å²) < 4.78 is 5.14. The van der Waals surface area contributed by atoms with Gasteiger partial charge in [0.05, 0.1) is 12.0 Å².